The first-order valence-corrected chi connectivity index (χ1v) is 6.44. The number of anilines is 1. The van der Waals surface area contributed by atoms with E-state index in [2.05, 4.69) is 48.4 Å². The SMILES string of the molecule is CCc1ccc(C(C)Nc2ccnc(C#N)c2)cc1. The summed E-state index contributed by atoms with van der Waals surface area (Å²) in [5.74, 6) is 0. The Balaban J connectivity index is 2.11. The van der Waals surface area contributed by atoms with Crippen molar-refractivity contribution in [2.24, 2.45) is 0 Å². The van der Waals surface area contributed by atoms with Crippen molar-refractivity contribution < 1.29 is 0 Å². The molecule has 0 amide bonds. The Labute approximate surface area is 113 Å². The number of nitrogens with zero attached hydrogens (tertiary/aromatic N) is 2. The highest BCUT2D eigenvalue weighted by molar-refractivity contribution is 5.47. The van der Waals surface area contributed by atoms with Crippen LogP contribution in [0.3, 0.4) is 0 Å². The summed E-state index contributed by atoms with van der Waals surface area (Å²) < 4.78 is 0. The van der Waals surface area contributed by atoms with E-state index >= 15 is 0 Å². The molecule has 2 aromatic rings. The average molecular weight is 251 g/mol. The fraction of sp³-hybridized carbons (Fsp3) is 0.250. The van der Waals surface area contributed by atoms with E-state index in [1.165, 1.54) is 11.1 Å². The maximum Gasteiger partial charge on any atom is 0.142 e. The number of rotatable bonds is 4. The van der Waals surface area contributed by atoms with Crippen LogP contribution in [0.2, 0.25) is 0 Å². The number of hydrogen-bond donors (Lipinski definition) is 1. The van der Waals surface area contributed by atoms with Gasteiger partial charge in [-0.25, -0.2) is 4.98 Å². The second kappa shape index (κ2) is 6.01. The van der Waals surface area contributed by atoms with Gasteiger partial charge >= 0.3 is 0 Å². The van der Waals surface area contributed by atoms with Crippen molar-refractivity contribution in [1.82, 2.24) is 4.98 Å². The standard InChI is InChI=1S/C16H17N3/c1-3-13-4-6-14(7-5-13)12(2)19-15-8-9-18-16(10-15)11-17/h4-10,12H,3H2,1-2H3,(H,18,19). The molecule has 19 heavy (non-hydrogen) atoms. The second-order valence-electron chi connectivity index (χ2n) is 4.50. The zero-order chi connectivity index (χ0) is 13.7. The molecule has 2 rings (SSSR count). The van der Waals surface area contributed by atoms with Crippen LogP contribution < -0.4 is 5.32 Å². The molecule has 0 fully saturated rings. The smallest absolute Gasteiger partial charge is 0.142 e. The van der Waals surface area contributed by atoms with Crippen LogP contribution in [-0.4, -0.2) is 4.98 Å². The van der Waals surface area contributed by atoms with Gasteiger partial charge in [-0.05, 0) is 36.6 Å². The van der Waals surface area contributed by atoms with Gasteiger partial charge in [-0.1, -0.05) is 31.2 Å². The summed E-state index contributed by atoms with van der Waals surface area (Å²) in [6.45, 7) is 4.25. The van der Waals surface area contributed by atoms with Gasteiger partial charge in [0.1, 0.15) is 11.8 Å². The van der Waals surface area contributed by atoms with Crippen LogP contribution in [0, 0.1) is 11.3 Å². The number of aryl methyl sites for hydroxylation is 1. The van der Waals surface area contributed by atoms with Crippen molar-refractivity contribution in [3.05, 3.63) is 59.4 Å². The Morgan fingerprint density at radius 1 is 1.26 bits per heavy atom. The van der Waals surface area contributed by atoms with Crippen molar-refractivity contribution in [1.29, 1.82) is 5.26 Å². The van der Waals surface area contributed by atoms with Crippen LogP contribution in [-0.2, 0) is 6.42 Å². The van der Waals surface area contributed by atoms with Gasteiger partial charge in [-0.15, -0.1) is 0 Å². The fourth-order valence-corrected chi connectivity index (χ4v) is 1.96. The van der Waals surface area contributed by atoms with Crippen molar-refractivity contribution in [3.63, 3.8) is 0 Å². The highest BCUT2D eigenvalue weighted by Gasteiger charge is 2.05. The Morgan fingerprint density at radius 3 is 2.63 bits per heavy atom. The van der Waals surface area contributed by atoms with E-state index in [0.717, 1.165) is 12.1 Å². The Morgan fingerprint density at radius 2 is 2.00 bits per heavy atom. The first-order chi connectivity index (χ1) is 9.22. The van der Waals surface area contributed by atoms with Crippen LogP contribution in [0.5, 0.6) is 0 Å². The van der Waals surface area contributed by atoms with E-state index in [-0.39, 0.29) is 6.04 Å². The normalized spacial score (nSPS) is 11.6. The third-order valence-electron chi connectivity index (χ3n) is 3.15. The van der Waals surface area contributed by atoms with Gasteiger partial charge in [0.05, 0.1) is 0 Å². The van der Waals surface area contributed by atoms with E-state index in [0.29, 0.717) is 5.69 Å². The van der Waals surface area contributed by atoms with E-state index < -0.39 is 0 Å². The number of benzene rings is 1. The lowest BCUT2D eigenvalue weighted by molar-refractivity contribution is 0.881. The van der Waals surface area contributed by atoms with Crippen molar-refractivity contribution in [2.45, 2.75) is 26.3 Å². The molecule has 1 unspecified atom stereocenters. The first kappa shape index (κ1) is 13.1. The highest BCUT2D eigenvalue weighted by Crippen LogP contribution is 2.19. The predicted molar refractivity (Wildman–Crippen MR) is 76.8 cm³/mol. The first-order valence-electron chi connectivity index (χ1n) is 6.44. The lowest BCUT2D eigenvalue weighted by Gasteiger charge is -2.16. The summed E-state index contributed by atoms with van der Waals surface area (Å²) >= 11 is 0. The largest absolute Gasteiger partial charge is 0.378 e. The van der Waals surface area contributed by atoms with Crippen LogP contribution in [0.15, 0.2) is 42.6 Å². The molecular formula is C16H17N3. The van der Waals surface area contributed by atoms with Gasteiger partial charge in [-0.3, -0.25) is 0 Å². The number of pyridine rings is 1. The van der Waals surface area contributed by atoms with Crippen molar-refractivity contribution in [3.8, 4) is 6.07 Å². The molecule has 0 aliphatic rings. The van der Waals surface area contributed by atoms with Crippen molar-refractivity contribution >= 4 is 5.69 Å². The molecule has 0 spiro atoms. The van der Waals surface area contributed by atoms with Crippen LogP contribution in [0.25, 0.3) is 0 Å². The molecule has 3 nitrogen and oxygen atoms in total. The Kier molecular flexibility index (Phi) is 4.15. The zero-order valence-corrected chi connectivity index (χ0v) is 11.2. The molecule has 0 saturated heterocycles. The molecule has 1 aromatic carbocycles. The topological polar surface area (TPSA) is 48.7 Å². The molecule has 0 aliphatic heterocycles. The molecule has 0 radical (unpaired) electrons. The van der Waals surface area contributed by atoms with E-state index in [1.807, 2.05) is 12.1 Å². The van der Waals surface area contributed by atoms with E-state index in [4.69, 9.17) is 5.26 Å². The summed E-state index contributed by atoms with van der Waals surface area (Å²) in [6, 6.07) is 14.5. The Hall–Kier alpha value is -2.34. The third kappa shape index (κ3) is 3.32. The van der Waals surface area contributed by atoms with Gasteiger partial charge in [-0.2, -0.15) is 5.26 Å². The molecule has 0 bridgehead atoms. The molecule has 96 valence electrons. The summed E-state index contributed by atoms with van der Waals surface area (Å²) in [6.07, 6.45) is 2.70. The van der Waals surface area contributed by atoms with Gasteiger partial charge in [0.25, 0.3) is 0 Å². The van der Waals surface area contributed by atoms with Crippen LogP contribution in [0.1, 0.15) is 36.7 Å². The summed E-state index contributed by atoms with van der Waals surface area (Å²) in [4.78, 5) is 3.96. The van der Waals surface area contributed by atoms with Gasteiger partial charge < -0.3 is 5.32 Å². The van der Waals surface area contributed by atoms with E-state index in [1.54, 1.807) is 12.3 Å². The number of nitrogens with one attached hydrogen (secondary N) is 1. The second-order valence-corrected chi connectivity index (χ2v) is 4.50. The molecule has 1 heterocycles. The third-order valence-corrected chi connectivity index (χ3v) is 3.15. The zero-order valence-electron chi connectivity index (χ0n) is 11.2. The highest BCUT2D eigenvalue weighted by atomic mass is 14.9. The molecule has 3 heteroatoms. The summed E-state index contributed by atoms with van der Waals surface area (Å²) in [5, 5.41) is 12.2. The quantitative estimate of drug-likeness (QED) is 0.901. The lowest BCUT2D eigenvalue weighted by Crippen LogP contribution is -2.07. The van der Waals surface area contributed by atoms with E-state index in [9.17, 15) is 0 Å². The molecule has 0 saturated carbocycles. The molecule has 1 aromatic heterocycles. The maximum absolute atomic E-state index is 8.83. The lowest BCUT2D eigenvalue weighted by atomic mass is 10.0. The fourth-order valence-electron chi connectivity index (χ4n) is 1.96. The molecule has 0 aliphatic carbocycles. The maximum atomic E-state index is 8.83. The number of aromatic nitrogens is 1. The van der Waals surface area contributed by atoms with Crippen LogP contribution in [0.4, 0.5) is 5.69 Å². The summed E-state index contributed by atoms with van der Waals surface area (Å²) in [5.41, 5.74) is 3.91. The number of nitriles is 1. The minimum absolute atomic E-state index is 0.194. The molecular weight excluding hydrogens is 234 g/mol. The van der Waals surface area contributed by atoms with Gasteiger partial charge in [0, 0.05) is 17.9 Å². The minimum atomic E-state index is 0.194. The van der Waals surface area contributed by atoms with Gasteiger partial charge in [0.15, 0.2) is 0 Å². The predicted octanol–water partition coefficient (Wildman–Crippen LogP) is 3.69. The monoisotopic (exact) mass is 251 g/mol. The minimum Gasteiger partial charge on any atom is -0.378 e. The number of hydrogen-bond acceptors (Lipinski definition) is 3. The van der Waals surface area contributed by atoms with Crippen molar-refractivity contribution in [2.75, 3.05) is 5.32 Å². The average Bonchev–Trinajstić information content (AvgIpc) is 2.47. The van der Waals surface area contributed by atoms with Crippen LogP contribution >= 0.6 is 0 Å². The molecule has 1 atom stereocenters. The summed E-state index contributed by atoms with van der Waals surface area (Å²) in [7, 11) is 0. The molecule has 1 N–H and O–H groups in total. The Bertz CT molecular complexity index is 582. The van der Waals surface area contributed by atoms with Gasteiger partial charge in [0.2, 0.25) is 0 Å².